The maximum atomic E-state index is 6.44. The smallest absolute Gasteiger partial charge is 0.0547 e. The molecule has 0 aliphatic rings. The first-order valence-corrected chi connectivity index (χ1v) is 12.5. The summed E-state index contributed by atoms with van der Waals surface area (Å²) in [5, 5.41) is 5.76. The molecule has 0 aliphatic heterocycles. The summed E-state index contributed by atoms with van der Waals surface area (Å²) in [5.41, 5.74) is 8.30. The van der Waals surface area contributed by atoms with Crippen molar-refractivity contribution < 1.29 is 0 Å². The summed E-state index contributed by atoms with van der Waals surface area (Å²) in [6, 6.07) is 47.3. The minimum atomic E-state index is 0.732. The monoisotopic (exact) mass is 479 g/mol. The third-order valence-electron chi connectivity index (χ3n) is 7.05. The molecule has 0 amide bonds. The van der Waals surface area contributed by atoms with E-state index in [1.54, 1.807) is 0 Å². The van der Waals surface area contributed by atoms with Crippen molar-refractivity contribution in [1.82, 2.24) is 4.57 Å². The van der Waals surface area contributed by atoms with Gasteiger partial charge in [-0.15, -0.1) is 0 Å². The minimum absolute atomic E-state index is 0.732. The third kappa shape index (κ3) is 3.32. The average molecular weight is 480 g/mol. The van der Waals surface area contributed by atoms with Crippen molar-refractivity contribution in [3.63, 3.8) is 0 Å². The lowest BCUT2D eigenvalue weighted by Crippen LogP contribution is -1.93. The Morgan fingerprint density at radius 2 is 1.17 bits per heavy atom. The molecule has 0 fully saturated rings. The van der Waals surface area contributed by atoms with Crippen LogP contribution in [0.15, 0.2) is 133 Å². The van der Waals surface area contributed by atoms with Crippen LogP contribution in [0.2, 0.25) is 5.02 Å². The van der Waals surface area contributed by atoms with E-state index < -0.39 is 0 Å². The zero-order chi connectivity index (χ0) is 24.1. The number of nitrogens with zero attached hydrogens (tertiary/aromatic N) is 1. The Kier molecular flexibility index (Phi) is 4.90. The summed E-state index contributed by atoms with van der Waals surface area (Å²) in [4.78, 5) is 0. The van der Waals surface area contributed by atoms with Gasteiger partial charge in [-0.3, -0.25) is 0 Å². The van der Waals surface area contributed by atoms with Crippen LogP contribution in [0.25, 0.3) is 60.5 Å². The SMILES string of the molecule is Clc1cccc(-n2c3cccc(-c4ccc(-c5ccccc5)cc4)c3c3c4ccccc4ccc32)c1. The average Bonchev–Trinajstić information content (AvgIpc) is 3.29. The second kappa shape index (κ2) is 8.41. The molecule has 0 N–H and O–H groups in total. The van der Waals surface area contributed by atoms with Crippen LogP contribution >= 0.6 is 11.6 Å². The Bertz CT molecular complexity index is 1880. The molecule has 1 nitrogen and oxygen atoms in total. The van der Waals surface area contributed by atoms with Gasteiger partial charge < -0.3 is 4.57 Å². The van der Waals surface area contributed by atoms with E-state index in [1.165, 1.54) is 54.8 Å². The summed E-state index contributed by atoms with van der Waals surface area (Å²) in [5.74, 6) is 0. The first-order valence-electron chi connectivity index (χ1n) is 12.1. The maximum Gasteiger partial charge on any atom is 0.0547 e. The van der Waals surface area contributed by atoms with E-state index in [1.807, 2.05) is 18.2 Å². The van der Waals surface area contributed by atoms with Gasteiger partial charge in [-0.05, 0) is 63.4 Å². The lowest BCUT2D eigenvalue weighted by molar-refractivity contribution is 1.18. The van der Waals surface area contributed by atoms with Gasteiger partial charge in [0, 0.05) is 21.5 Å². The lowest BCUT2D eigenvalue weighted by Gasteiger charge is -2.09. The summed E-state index contributed by atoms with van der Waals surface area (Å²) >= 11 is 6.44. The molecule has 0 unspecified atom stereocenters. The van der Waals surface area contributed by atoms with Crippen LogP contribution in [0.4, 0.5) is 0 Å². The molecule has 0 saturated heterocycles. The van der Waals surface area contributed by atoms with E-state index in [0.717, 1.165) is 10.7 Å². The van der Waals surface area contributed by atoms with Gasteiger partial charge in [-0.1, -0.05) is 115 Å². The molecule has 0 saturated carbocycles. The largest absolute Gasteiger partial charge is 0.309 e. The van der Waals surface area contributed by atoms with Crippen LogP contribution < -0.4 is 0 Å². The minimum Gasteiger partial charge on any atom is -0.309 e. The molecule has 0 spiro atoms. The molecule has 7 aromatic rings. The van der Waals surface area contributed by atoms with Crippen molar-refractivity contribution in [3.8, 4) is 27.9 Å². The Hall–Kier alpha value is -4.33. The van der Waals surface area contributed by atoms with E-state index in [0.29, 0.717) is 0 Å². The fourth-order valence-electron chi connectivity index (χ4n) is 5.43. The molecule has 0 atom stereocenters. The van der Waals surface area contributed by atoms with Gasteiger partial charge in [0.05, 0.1) is 11.0 Å². The molecule has 1 aromatic heterocycles. The quantitative estimate of drug-likeness (QED) is 0.237. The first-order chi connectivity index (χ1) is 17.8. The van der Waals surface area contributed by atoms with E-state index in [-0.39, 0.29) is 0 Å². The van der Waals surface area contributed by atoms with Gasteiger partial charge in [0.2, 0.25) is 0 Å². The molecular formula is C34H22ClN. The third-order valence-corrected chi connectivity index (χ3v) is 7.29. The summed E-state index contributed by atoms with van der Waals surface area (Å²) < 4.78 is 2.34. The second-order valence-electron chi connectivity index (χ2n) is 9.14. The van der Waals surface area contributed by atoms with Crippen LogP contribution in [-0.2, 0) is 0 Å². The number of hydrogen-bond donors (Lipinski definition) is 0. The van der Waals surface area contributed by atoms with Crippen LogP contribution in [-0.4, -0.2) is 4.57 Å². The van der Waals surface area contributed by atoms with Gasteiger partial charge in [0.15, 0.2) is 0 Å². The van der Waals surface area contributed by atoms with Gasteiger partial charge in [-0.2, -0.15) is 0 Å². The van der Waals surface area contributed by atoms with Crippen molar-refractivity contribution in [2.45, 2.75) is 0 Å². The van der Waals surface area contributed by atoms with E-state index in [9.17, 15) is 0 Å². The molecule has 1 heterocycles. The summed E-state index contributed by atoms with van der Waals surface area (Å²) in [6.07, 6.45) is 0. The molecule has 2 heteroatoms. The molecule has 170 valence electrons. The zero-order valence-electron chi connectivity index (χ0n) is 19.5. The Morgan fingerprint density at radius 1 is 0.472 bits per heavy atom. The highest BCUT2D eigenvalue weighted by Crippen LogP contribution is 2.42. The molecule has 6 aromatic carbocycles. The fraction of sp³-hybridized carbons (Fsp3) is 0. The zero-order valence-corrected chi connectivity index (χ0v) is 20.3. The topological polar surface area (TPSA) is 4.93 Å². The van der Waals surface area contributed by atoms with Crippen molar-refractivity contribution in [1.29, 1.82) is 0 Å². The standard InChI is InChI=1S/C34H22ClN/c35-27-11-6-12-28(22-27)36-31-15-7-14-30(26-18-16-24(17-19-26)23-8-2-1-3-9-23)33(31)34-29-13-5-4-10-25(29)20-21-32(34)36/h1-22H. The van der Waals surface area contributed by atoms with Gasteiger partial charge >= 0.3 is 0 Å². The Balaban J connectivity index is 1.56. The van der Waals surface area contributed by atoms with Crippen molar-refractivity contribution in [2.24, 2.45) is 0 Å². The molecular weight excluding hydrogens is 458 g/mol. The molecule has 0 radical (unpaired) electrons. The number of benzene rings is 6. The lowest BCUT2D eigenvalue weighted by atomic mass is 9.95. The second-order valence-corrected chi connectivity index (χ2v) is 9.58. The van der Waals surface area contributed by atoms with E-state index >= 15 is 0 Å². The predicted octanol–water partition coefficient (Wildman–Crippen LogP) is 9.92. The van der Waals surface area contributed by atoms with Crippen molar-refractivity contribution >= 4 is 44.2 Å². The summed E-state index contributed by atoms with van der Waals surface area (Å²) in [6.45, 7) is 0. The van der Waals surface area contributed by atoms with Crippen molar-refractivity contribution in [2.75, 3.05) is 0 Å². The molecule has 7 rings (SSSR count). The number of hydrogen-bond acceptors (Lipinski definition) is 0. The van der Waals surface area contributed by atoms with E-state index in [4.69, 9.17) is 11.6 Å². The van der Waals surface area contributed by atoms with Gasteiger partial charge in [0.25, 0.3) is 0 Å². The summed E-state index contributed by atoms with van der Waals surface area (Å²) in [7, 11) is 0. The number of rotatable bonds is 3. The molecule has 0 aliphatic carbocycles. The van der Waals surface area contributed by atoms with Crippen LogP contribution in [0.1, 0.15) is 0 Å². The highest BCUT2D eigenvalue weighted by atomic mass is 35.5. The van der Waals surface area contributed by atoms with Gasteiger partial charge in [-0.25, -0.2) is 0 Å². The predicted molar refractivity (Wildman–Crippen MR) is 154 cm³/mol. The Morgan fingerprint density at radius 3 is 2.00 bits per heavy atom. The van der Waals surface area contributed by atoms with Crippen LogP contribution in [0, 0.1) is 0 Å². The van der Waals surface area contributed by atoms with Gasteiger partial charge in [0.1, 0.15) is 0 Å². The highest BCUT2D eigenvalue weighted by molar-refractivity contribution is 6.31. The first kappa shape index (κ1) is 21.0. The number of halogens is 1. The van der Waals surface area contributed by atoms with Crippen LogP contribution in [0.5, 0.6) is 0 Å². The molecule has 0 bridgehead atoms. The number of fused-ring (bicyclic) bond motifs is 5. The van der Waals surface area contributed by atoms with Crippen molar-refractivity contribution in [3.05, 3.63) is 138 Å². The van der Waals surface area contributed by atoms with Crippen LogP contribution in [0.3, 0.4) is 0 Å². The fourth-order valence-corrected chi connectivity index (χ4v) is 5.62. The Labute approximate surface area is 214 Å². The number of aromatic nitrogens is 1. The normalized spacial score (nSPS) is 11.5. The molecule has 36 heavy (non-hydrogen) atoms. The highest BCUT2D eigenvalue weighted by Gasteiger charge is 2.18. The maximum absolute atomic E-state index is 6.44. The van der Waals surface area contributed by atoms with E-state index in [2.05, 4.69) is 120 Å².